The molecule has 0 aliphatic carbocycles. The van der Waals surface area contributed by atoms with Crippen LogP contribution in [0.25, 0.3) is 0 Å². The van der Waals surface area contributed by atoms with Gasteiger partial charge in [-0.1, -0.05) is 55.8 Å². The molecule has 0 amide bonds. The molecule has 0 aliphatic heterocycles. The molecule has 0 unspecified atom stereocenters. The standard InChI is InChI=1S/C29H35F2N3O5S2.C19H20F2N2O2S.C10H15NO3S.C4H9.Li/c1-28(2,3)40(36)33-29(4,19-41(37,38)34(5)18-20-7-11-23(39-6)12-8-20)24-15-21(9-13-25(24)31)16-27(35)26-14-10-22(30)17-32-26;1-12(23-26(25)19(2,3)4)15-9-13(5-7-16(15)21)10-18(24)17-8-6-14(20)11-22-17;1-11(15(3,12)13)8-9-4-6-10(14-2)7-5-9;1-3-4-2;/h7-15,17,33H,16,18-19H2,1-6H3;5-9,11H,10H2,1-4H3;4-7H,8H2,1-3H3;1,3-4H2,2H3;/q;;;-1;+1/t29-,40+;26-;;;/m01.../s1. The molecule has 6 rings (SSSR count). The summed E-state index contributed by atoms with van der Waals surface area (Å²) >= 11 is 0. The molecule has 16 nitrogen and oxygen atoms in total. The molecule has 3 atom stereocenters. The number of ketones is 2. The second-order valence-corrected chi connectivity index (χ2v) is 30.0. The number of Topliss-reactive ketones (excluding diaryl/α,β-unsaturated/α-hetero) is 2. The molecule has 0 spiro atoms. The number of rotatable bonds is 22. The minimum absolute atomic E-state index is 0. The fraction of sp³-hybridized carbons (Fsp3) is 0.387. The monoisotopic (exact) mass is 1280 g/mol. The van der Waals surface area contributed by atoms with Crippen LogP contribution in [0.15, 0.2) is 126 Å². The number of sulfonamides is 2. The second kappa shape index (κ2) is 34.8. The first-order chi connectivity index (χ1) is 40.0. The number of carbonyl (C=O) groups excluding carboxylic acids is 2. The van der Waals surface area contributed by atoms with Gasteiger partial charge >= 0.3 is 18.9 Å². The van der Waals surface area contributed by atoms with Crippen LogP contribution in [0.4, 0.5) is 17.6 Å². The van der Waals surface area contributed by atoms with E-state index in [1.54, 1.807) is 86.9 Å². The van der Waals surface area contributed by atoms with Gasteiger partial charge < -0.3 is 16.4 Å². The summed E-state index contributed by atoms with van der Waals surface area (Å²) in [5.74, 6) is -2.31. The zero-order chi connectivity index (χ0) is 65.0. The second-order valence-electron chi connectivity index (χ2n) is 22.0. The average Bonchev–Trinajstić information content (AvgIpc) is 1.49. The molecule has 2 aromatic heterocycles. The van der Waals surface area contributed by atoms with Crippen LogP contribution < -0.4 is 33.1 Å². The van der Waals surface area contributed by atoms with E-state index in [0.29, 0.717) is 34.7 Å². The molecule has 25 heteroatoms. The van der Waals surface area contributed by atoms with Crippen molar-refractivity contribution in [3.05, 3.63) is 197 Å². The van der Waals surface area contributed by atoms with E-state index in [9.17, 15) is 48.0 Å². The number of carbonyl (C=O) groups is 2. The molecule has 0 saturated heterocycles. The van der Waals surface area contributed by atoms with Gasteiger partial charge in [0.05, 0.1) is 70.4 Å². The number of methoxy groups -OCH3 is 2. The molecule has 0 radical (unpaired) electrons. The third kappa shape index (κ3) is 25.7. The van der Waals surface area contributed by atoms with Crippen molar-refractivity contribution in [2.24, 2.45) is 4.40 Å². The summed E-state index contributed by atoms with van der Waals surface area (Å²) in [4.78, 5) is 32.6. The van der Waals surface area contributed by atoms with E-state index in [1.807, 2.05) is 24.3 Å². The van der Waals surface area contributed by atoms with Crippen molar-refractivity contribution in [1.29, 1.82) is 0 Å². The SMILES string of the molecule is CC(=N[S@](=O)C(C)(C)C)c1cc(CC(=O)c2ccc(F)cn2)ccc1F.COc1ccc(CN(C)S(=O)(=O)C[C@](C)(N[S@](=O)C(C)(C)C)c2cc(CC(=O)c3ccc(F)cn3)ccc2F)cc1.COc1ccc(CN(C)S(C)(=O)=O)cc1.[CH2-]CCC.[Li+]. The Balaban J connectivity index is 0.000000476. The number of unbranched alkanes of at least 4 members (excludes halogenated alkanes) is 1. The minimum Gasteiger partial charge on any atom is -0.497 e. The van der Waals surface area contributed by atoms with Crippen LogP contribution in [0.1, 0.15) is 130 Å². The molecule has 6 aromatic rings. The molecule has 2 heterocycles. The molecule has 0 aliphatic rings. The summed E-state index contributed by atoms with van der Waals surface area (Å²) in [6, 6.07) is 27.3. The minimum atomic E-state index is -4.04. The van der Waals surface area contributed by atoms with E-state index in [1.165, 1.54) is 80.5 Å². The number of aromatic nitrogens is 2. The molecule has 0 fully saturated rings. The number of halogens is 4. The molecule has 87 heavy (non-hydrogen) atoms. The number of ether oxygens (including phenoxy) is 2. The Hall–Kier alpha value is -5.81. The van der Waals surface area contributed by atoms with Crippen LogP contribution in [-0.2, 0) is 73.5 Å². The largest absolute Gasteiger partial charge is 1.00 e. The predicted molar refractivity (Wildman–Crippen MR) is 334 cm³/mol. The van der Waals surface area contributed by atoms with Crippen molar-refractivity contribution in [3.63, 3.8) is 0 Å². The smallest absolute Gasteiger partial charge is 0.497 e. The van der Waals surface area contributed by atoms with E-state index in [0.717, 1.165) is 52.6 Å². The van der Waals surface area contributed by atoms with Crippen LogP contribution in [0.5, 0.6) is 11.5 Å². The Morgan fingerprint density at radius 2 is 1.06 bits per heavy atom. The maximum absolute atomic E-state index is 15.4. The quantitative estimate of drug-likeness (QED) is 0.0224. The zero-order valence-corrected chi connectivity index (χ0v) is 55.4. The fourth-order valence-electron chi connectivity index (χ4n) is 7.20. The number of benzene rings is 4. The molecule has 0 saturated carbocycles. The molecule has 4 aromatic carbocycles. The van der Waals surface area contributed by atoms with Crippen molar-refractivity contribution < 1.29 is 80.7 Å². The normalized spacial score (nSPS) is 13.2. The number of pyridine rings is 2. The van der Waals surface area contributed by atoms with Gasteiger partial charge in [-0.15, -0.1) is 0 Å². The van der Waals surface area contributed by atoms with Gasteiger partial charge in [0.15, 0.2) is 11.6 Å². The fourth-order valence-corrected chi connectivity index (χ4v) is 10.7. The first-order valence-electron chi connectivity index (χ1n) is 26.9. The van der Waals surface area contributed by atoms with Gasteiger partial charge in [0.25, 0.3) is 0 Å². The third-order valence-corrected chi connectivity index (χ3v) is 18.9. The van der Waals surface area contributed by atoms with E-state index < -0.39 is 91.9 Å². The summed E-state index contributed by atoms with van der Waals surface area (Å²) in [6.45, 7) is 19.7. The Morgan fingerprint density at radius 3 is 1.44 bits per heavy atom. The number of hydrogen-bond acceptors (Lipinski definition) is 12. The maximum Gasteiger partial charge on any atom is 1.00 e. The van der Waals surface area contributed by atoms with Crippen molar-refractivity contribution in [2.45, 2.75) is 116 Å². The van der Waals surface area contributed by atoms with Gasteiger partial charge in [-0.05, 0) is 144 Å². The Morgan fingerprint density at radius 1 is 0.644 bits per heavy atom. The molecule has 470 valence electrons. The summed E-state index contributed by atoms with van der Waals surface area (Å²) in [6.07, 6.45) is 5.17. The number of nitrogens with one attached hydrogen (secondary N) is 1. The summed E-state index contributed by atoms with van der Waals surface area (Å²) in [7, 11) is -4.36. The van der Waals surface area contributed by atoms with Crippen LogP contribution in [0, 0.1) is 30.2 Å². The molecule has 0 bridgehead atoms. The zero-order valence-electron chi connectivity index (χ0n) is 52.2. The van der Waals surface area contributed by atoms with E-state index in [-0.39, 0.29) is 66.5 Å². The van der Waals surface area contributed by atoms with Crippen molar-refractivity contribution in [1.82, 2.24) is 23.3 Å². The summed E-state index contributed by atoms with van der Waals surface area (Å²) in [5, 5.41) is 0. The van der Waals surface area contributed by atoms with Gasteiger partial charge in [-0.2, -0.15) is 10.8 Å². The number of nitrogens with zero attached hydrogens (tertiary/aromatic N) is 5. The van der Waals surface area contributed by atoms with Gasteiger partial charge in [0, 0.05) is 51.2 Å². The summed E-state index contributed by atoms with van der Waals surface area (Å²) < 4.78 is 149. The third-order valence-electron chi connectivity index (χ3n) is 12.4. The topological polar surface area (TPSA) is 212 Å². The van der Waals surface area contributed by atoms with Crippen molar-refractivity contribution in [3.8, 4) is 11.5 Å². The molecular weight excluding hydrogens is 1200 g/mol. The molecular formula is C62H79F4LiN6O10S4. The predicted octanol–water partition coefficient (Wildman–Crippen LogP) is 8.29. The van der Waals surface area contributed by atoms with Crippen molar-refractivity contribution >= 4 is 59.3 Å². The van der Waals surface area contributed by atoms with Crippen LogP contribution in [0.3, 0.4) is 0 Å². The first-order valence-corrected chi connectivity index (χ1v) is 32.6. The van der Waals surface area contributed by atoms with E-state index >= 15 is 4.39 Å². The van der Waals surface area contributed by atoms with Gasteiger partial charge in [0.1, 0.15) is 57.1 Å². The van der Waals surface area contributed by atoms with Gasteiger partial charge in [-0.25, -0.2) is 56.1 Å². The van der Waals surface area contributed by atoms with E-state index in [2.05, 4.69) is 32.9 Å². The maximum atomic E-state index is 15.4. The Bertz CT molecular complexity index is 3520. The van der Waals surface area contributed by atoms with Gasteiger partial charge in [0.2, 0.25) is 20.0 Å². The average molecular weight is 1280 g/mol. The van der Waals surface area contributed by atoms with Crippen molar-refractivity contribution in [2.75, 3.05) is 40.3 Å². The number of hydrogen-bond donors (Lipinski definition) is 1. The van der Waals surface area contributed by atoms with Gasteiger partial charge in [-0.3, -0.25) is 19.6 Å². The van der Waals surface area contributed by atoms with Crippen LogP contribution in [-0.4, -0.2) is 111 Å². The Labute approximate surface area is 528 Å². The van der Waals surface area contributed by atoms with E-state index in [4.69, 9.17) is 9.47 Å². The first kappa shape index (κ1) is 77.3. The van der Waals surface area contributed by atoms with Crippen LogP contribution >= 0.6 is 0 Å². The molecule has 1 N–H and O–H groups in total. The summed E-state index contributed by atoms with van der Waals surface area (Å²) in [5.41, 5.74) is 1.55. The van der Waals surface area contributed by atoms with Crippen LogP contribution in [0.2, 0.25) is 0 Å². The Kier molecular flexibility index (Phi) is 30.9.